The Balaban J connectivity index is 0.000000283. The Morgan fingerprint density at radius 2 is 1.61 bits per heavy atom. The van der Waals surface area contributed by atoms with Gasteiger partial charge in [0, 0.05) is 6.04 Å². The Bertz CT molecular complexity index is 255. The second-order valence-electron chi connectivity index (χ2n) is 4.27. The van der Waals surface area contributed by atoms with Crippen LogP contribution in [0.1, 0.15) is 51.5 Å². The molecule has 2 heteroatoms. The number of hydrogen-bond donors (Lipinski definition) is 2. The molecule has 2 N–H and O–H groups in total. The predicted molar refractivity (Wildman–Crippen MR) is 79.6 cm³/mol. The molecular formula is C16H29NO. The van der Waals surface area contributed by atoms with Crippen molar-refractivity contribution in [2.45, 2.75) is 58.6 Å². The van der Waals surface area contributed by atoms with E-state index in [1.165, 1.54) is 32.1 Å². The van der Waals surface area contributed by atoms with Crippen LogP contribution >= 0.6 is 0 Å². The Kier molecular flexibility index (Phi) is 12.0. The highest BCUT2D eigenvalue weighted by atomic mass is 16.3. The van der Waals surface area contributed by atoms with Crippen molar-refractivity contribution >= 4 is 0 Å². The third kappa shape index (κ3) is 8.26. The molecule has 1 aromatic carbocycles. The second kappa shape index (κ2) is 12.6. The summed E-state index contributed by atoms with van der Waals surface area (Å²) in [4.78, 5) is 0. The number of nitrogens with one attached hydrogen (secondary N) is 1. The molecule has 0 aliphatic heterocycles. The van der Waals surface area contributed by atoms with Gasteiger partial charge in [-0.25, -0.2) is 0 Å². The van der Waals surface area contributed by atoms with Crippen molar-refractivity contribution in [3.8, 4) is 0 Å². The van der Waals surface area contributed by atoms with E-state index in [9.17, 15) is 0 Å². The molecule has 18 heavy (non-hydrogen) atoms. The fourth-order valence-electron chi connectivity index (χ4n) is 1.97. The van der Waals surface area contributed by atoms with Crippen molar-refractivity contribution in [1.82, 2.24) is 5.32 Å². The van der Waals surface area contributed by atoms with E-state index in [1.807, 2.05) is 44.2 Å². The monoisotopic (exact) mass is 251 g/mol. The lowest BCUT2D eigenvalue weighted by Crippen LogP contribution is -2.26. The van der Waals surface area contributed by atoms with E-state index < -0.39 is 0 Å². The van der Waals surface area contributed by atoms with E-state index in [0.717, 1.165) is 11.6 Å². The number of rotatable bonds is 2. The van der Waals surface area contributed by atoms with Crippen molar-refractivity contribution in [3.05, 3.63) is 35.9 Å². The number of aliphatic hydroxyl groups is 1. The van der Waals surface area contributed by atoms with Gasteiger partial charge in [-0.2, -0.15) is 0 Å². The van der Waals surface area contributed by atoms with Crippen LogP contribution < -0.4 is 5.32 Å². The first-order chi connectivity index (χ1) is 8.86. The third-order valence-corrected chi connectivity index (χ3v) is 3.04. The van der Waals surface area contributed by atoms with E-state index in [-0.39, 0.29) is 6.61 Å². The second-order valence-corrected chi connectivity index (χ2v) is 4.27. The zero-order valence-electron chi connectivity index (χ0n) is 12.2. The average molecular weight is 251 g/mol. The van der Waals surface area contributed by atoms with Crippen LogP contribution in [0.25, 0.3) is 0 Å². The molecule has 1 aromatic rings. The molecule has 0 bridgehead atoms. The first-order valence-electron chi connectivity index (χ1n) is 7.19. The third-order valence-electron chi connectivity index (χ3n) is 3.04. The van der Waals surface area contributed by atoms with Gasteiger partial charge in [-0.05, 0) is 25.5 Å². The Hall–Kier alpha value is -0.860. The molecule has 2 nitrogen and oxygen atoms in total. The maximum Gasteiger partial charge on any atom is 0.0681 e. The fraction of sp³-hybridized carbons (Fsp3) is 0.625. The van der Waals surface area contributed by atoms with Gasteiger partial charge in [0.25, 0.3) is 0 Å². The lowest BCUT2D eigenvalue weighted by molar-refractivity contribution is 0.282. The average Bonchev–Trinajstić information content (AvgIpc) is 2.51. The predicted octanol–water partition coefficient (Wildman–Crippen LogP) is 3.74. The smallest absolute Gasteiger partial charge is 0.0681 e. The molecule has 1 aliphatic rings. The SMILES string of the molecule is CC.CNC1CCCCC1.OCc1ccccc1. The summed E-state index contributed by atoms with van der Waals surface area (Å²) in [6, 6.07) is 10.4. The molecule has 0 aromatic heterocycles. The van der Waals surface area contributed by atoms with Crippen LogP contribution in [-0.2, 0) is 6.61 Å². The van der Waals surface area contributed by atoms with Crippen LogP contribution in [0.5, 0.6) is 0 Å². The normalized spacial score (nSPS) is 14.9. The highest BCUT2D eigenvalue weighted by molar-refractivity contribution is 5.12. The van der Waals surface area contributed by atoms with Crippen LogP contribution in [0.15, 0.2) is 30.3 Å². The van der Waals surface area contributed by atoms with E-state index >= 15 is 0 Å². The Morgan fingerprint density at radius 3 is 1.94 bits per heavy atom. The highest BCUT2D eigenvalue weighted by Crippen LogP contribution is 2.16. The molecule has 0 radical (unpaired) electrons. The first-order valence-corrected chi connectivity index (χ1v) is 7.19. The molecule has 104 valence electrons. The topological polar surface area (TPSA) is 32.3 Å². The van der Waals surface area contributed by atoms with Gasteiger partial charge in [-0.3, -0.25) is 0 Å². The first kappa shape index (κ1) is 17.1. The Morgan fingerprint density at radius 1 is 1.06 bits per heavy atom. The van der Waals surface area contributed by atoms with Crippen molar-refractivity contribution < 1.29 is 5.11 Å². The minimum Gasteiger partial charge on any atom is -0.392 e. The molecule has 0 atom stereocenters. The maximum atomic E-state index is 8.54. The van der Waals surface area contributed by atoms with Gasteiger partial charge in [-0.1, -0.05) is 63.4 Å². The number of aliphatic hydroxyl groups excluding tert-OH is 1. The van der Waals surface area contributed by atoms with E-state index in [0.29, 0.717) is 0 Å². The van der Waals surface area contributed by atoms with Gasteiger partial charge in [-0.15, -0.1) is 0 Å². The maximum absolute atomic E-state index is 8.54. The highest BCUT2D eigenvalue weighted by Gasteiger charge is 2.09. The molecule has 1 fully saturated rings. The summed E-state index contributed by atoms with van der Waals surface area (Å²) in [5.74, 6) is 0. The van der Waals surface area contributed by atoms with E-state index in [1.54, 1.807) is 0 Å². The van der Waals surface area contributed by atoms with Crippen LogP contribution in [0.2, 0.25) is 0 Å². The molecule has 0 amide bonds. The number of hydrogen-bond acceptors (Lipinski definition) is 2. The van der Waals surface area contributed by atoms with Gasteiger partial charge in [0.05, 0.1) is 6.61 Å². The lowest BCUT2D eigenvalue weighted by Gasteiger charge is -2.20. The van der Waals surface area contributed by atoms with Gasteiger partial charge in [0.2, 0.25) is 0 Å². The minimum absolute atomic E-state index is 0.140. The summed E-state index contributed by atoms with van der Waals surface area (Å²) in [6.07, 6.45) is 7.13. The van der Waals surface area contributed by atoms with Crippen LogP contribution in [0, 0.1) is 0 Å². The van der Waals surface area contributed by atoms with Crippen LogP contribution in [-0.4, -0.2) is 18.2 Å². The molecule has 1 saturated carbocycles. The van der Waals surface area contributed by atoms with Gasteiger partial charge in [0.1, 0.15) is 0 Å². The van der Waals surface area contributed by atoms with Gasteiger partial charge in [0.15, 0.2) is 0 Å². The summed E-state index contributed by atoms with van der Waals surface area (Å²) >= 11 is 0. The molecule has 2 rings (SSSR count). The molecule has 0 heterocycles. The minimum atomic E-state index is 0.140. The quantitative estimate of drug-likeness (QED) is 0.839. The van der Waals surface area contributed by atoms with Crippen molar-refractivity contribution in [1.29, 1.82) is 0 Å². The summed E-state index contributed by atoms with van der Waals surface area (Å²) in [7, 11) is 2.07. The molecular weight excluding hydrogens is 222 g/mol. The van der Waals surface area contributed by atoms with Gasteiger partial charge >= 0.3 is 0 Å². The van der Waals surface area contributed by atoms with Gasteiger partial charge < -0.3 is 10.4 Å². The van der Waals surface area contributed by atoms with Crippen LogP contribution in [0.3, 0.4) is 0 Å². The zero-order chi connectivity index (χ0) is 13.6. The van der Waals surface area contributed by atoms with Crippen molar-refractivity contribution in [2.24, 2.45) is 0 Å². The summed E-state index contributed by atoms with van der Waals surface area (Å²) < 4.78 is 0. The molecule has 0 spiro atoms. The Labute approximate surface area is 112 Å². The summed E-state index contributed by atoms with van der Waals surface area (Å²) in [6.45, 7) is 4.14. The van der Waals surface area contributed by atoms with Crippen LogP contribution in [0.4, 0.5) is 0 Å². The fourth-order valence-corrected chi connectivity index (χ4v) is 1.97. The number of benzene rings is 1. The summed E-state index contributed by atoms with van der Waals surface area (Å²) in [5.41, 5.74) is 0.965. The molecule has 1 aliphatic carbocycles. The van der Waals surface area contributed by atoms with Crippen molar-refractivity contribution in [2.75, 3.05) is 7.05 Å². The van der Waals surface area contributed by atoms with E-state index in [4.69, 9.17) is 5.11 Å². The molecule has 0 saturated heterocycles. The largest absolute Gasteiger partial charge is 0.392 e. The van der Waals surface area contributed by atoms with E-state index in [2.05, 4.69) is 12.4 Å². The summed E-state index contributed by atoms with van der Waals surface area (Å²) in [5, 5.41) is 11.8. The zero-order valence-corrected chi connectivity index (χ0v) is 12.2. The van der Waals surface area contributed by atoms with Crippen molar-refractivity contribution in [3.63, 3.8) is 0 Å². The molecule has 0 unspecified atom stereocenters. The standard InChI is InChI=1S/C7H15N.C7H8O.C2H6/c1-8-7-5-3-2-4-6-7;8-6-7-4-2-1-3-5-7;1-2/h7-8H,2-6H2,1H3;1-5,8H,6H2;1-2H3. The lowest BCUT2D eigenvalue weighted by atomic mass is 9.96.